The monoisotopic (exact) mass is 282 g/mol. The molecule has 0 aliphatic heterocycles. The zero-order valence-electron chi connectivity index (χ0n) is 10.6. The number of aromatic nitrogens is 2. The van der Waals surface area contributed by atoms with Crippen molar-refractivity contribution in [1.82, 2.24) is 15.2 Å². The van der Waals surface area contributed by atoms with Gasteiger partial charge in [0.1, 0.15) is 0 Å². The predicted molar refractivity (Wildman–Crippen MR) is 65.5 cm³/mol. The van der Waals surface area contributed by atoms with Gasteiger partial charge in [0.25, 0.3) is 5.91 Å². The van der Waals surface area contributed by atoms with Crippen molar-refractivity contribution < 1.29 is 18.2 Å². The smallest absolute Gasteiger partial charge is 0.280 e. The number of halogens is 2. The fourth-order valence-electron chi connectivity index (χ4n) is 1.68. The minimum absolute atomic E-state index is 0.0961. The molecule has 0 aliphatic carbocycles. The maximum atomic E-state index is 13.1. The highest BCUT2D eigenvalue weighted by atomic mass is 19.2. The van der Waals surface area contributed by atoms with Crippen molar-refractivity contribution in [3.05, 3.63) is 41.1 Å². The molecule has 106 valence electrons. The molecule has 0 saturated heterocycles. The SMILES string of the molecule is CCN(Cc1ccc(F)c(F)c1)C(=O)c1nonc1N. The van der Waals surface area contributed by atoms with E-state index in [4.69, 9.17) is 5.73 Å². The molecule has 1 amide bonds. The third-order valence-electron chi connectivity index (χ3n) is 2.74. The standard InChI is InChI=1S/C12H12F2N4O2/c1-2-18(12(19)10-11(15)17-20-16-10)6-7-3-4-8(13)9(14)5-7/h3-5H,2,6H2,1H3,(H2,15,17). The van der Waals surface area contributed by atoms with Crippen molar-refractivity contribution in [3.63, 3.8) is 0 Å². The van der Waals surface area contributed by atoms with E-state index < -0.39 is 17.5 Å². The minimum Gasteiger partial charge on any atom is -0.379 e. The Labute approximate surface area is 113 Å². The van der Waals surface area contributed by atoms with E-state index in [0.717, 1.165) is 12.1 Å². The molecule has 1 aromatic carbocycles. The van der Waals surface area contributed by atoms with Crippen LogP contribution in [0.3, 0.4) is 0 Å². The lowest BCUT2D eigenvalue weighted by Crippen LogP contribution is -2.31. The van der Waals surface area contributed by atoms with Gasteiger partial charge in [-0.15, -0.1) is 0 Å². The molecule has 0 unspecified atom stereocenters. The van der Waals surface area contributed by atoms with Gasteiger partial charge in [0.05, 0.1) is 0 Å². The topological polar surface area (TPSA) is 85.2 Å². The third-order valence-corrected chi connectivity index (χ3v) is 2.74. The highest BCUT2D eigenvalue weighted by molar-refractivity contribution is 5.96. The van der Waals surface area contributed by atoms with Gasteiger partial charge in [-0.2, -0.15) is 0 Å². The van der Waals surface area contributed by atoms with Gasteiger partial charge >= 0.3 is 0 Å². The van der Waals surface area contributed by atoms with E-state index in [1.807, 2.05) is 0 Å². The van der Waals surface area contributed by atoms with Gasteiger partial charge < -0.3 is 10.6 Å². The number of anilines is 1. The summed E-state index contributed by atoms with van der Waals surface area (Å²) in [5, 5.41) is 6.74. The molecule has 0 spiro atoms. The van der Waals surface area contributed by atoms with Gasteiger partial charge in [0, 0.05) is 13.1 Å². The number of benzene rings is 1. The first-order valence-electron chi connectivity index (χ1n) is 5.84. The van der Waals surface area contributed by atoms with Crippen LogP contribution in [0.5, 0.6) is 0 Å². The zero-order chi connectivity index (χ0) is 14.7. The summed E-state index contributed by atoms with van der Waals surface area (Å²) in [5.41, 5.74) is 5.80. The number of nitrogens with two attached hydrogens (primary N) is 1. The van der Waals surface area contributed by atoms with Crippen LogP contribution in [0.25, 0.3) is 0 Å². The lowest BCUT2D eigenvalue weighted by atomic mass is 10.2. The largest absolute Gasteiger partial charge is 0.379 e. The Morgan fingerprint density at radius 1 is 1.35 bits per heavy atom. The van der Waals surface area contributed by atoms with Crippen molar-refractivity contribution in [3.8, 4) is 0 Å². The number of hydrogen-bond acceptors (Lipinski definition) is 5. The van der Waals surface area contributed by atoms with Crippen LogP contribution in [0.1, 0.15) is 23.0 Å². The molecule has 1 aromatic heterocycles. The highest BCUT2D eigenvalue weighted by Gasteiger charge is 2.22. The molecule has 0 radical (unpaired) electrons. The van der Waals surface area contributed by atoms with Crippen LogP contribution < -0.4 is 5.73 Å². The van der Waals surface area contributed by atoms with Crippen molar-refractivity contribution in [2.75, 3.05) is 12.3 Å². The maximum absolute atomic E-state index is 13.1. The van der Waals surface area contributed by atoms with Crippen LogP contribution in [-0.4, -0.2) is 27.7 Å². The van der Waals surface area contributed by atoms with Gasteiger partial charge in [-0.25, -0.2) is 13.4 Å². The quantitative estimate of drug-likeness (QED) is 0.920. The van der Waals surface area contributed by atoms with E-state index in [1.54, 1.807) is 6.92 Å². The Morgan fingerprint density at radius 2 is 2.10 bits per heavy atom. The summed E-state index contributed by atoms with van der Waals surface area (Å²) in [5.74, 6) is -2.50. The van der Waals surface area contributed by atoms with E-state index >= 15 is 0 Å². The molecule has 2 N–H and O–H groups in total. The molecule has 8 heteroatoms. The van der Waals surface area contributed by atoms with Gasteiger partial charge in [-0.05, 0) is 34.9 Å². The molecule has 1 heterocycles. The van der Waals surface area contributed by atoms with Crippen LogP contribution in [0.2, 0.25) is 0 Å². The molecular weight excluding hydrogens is 270 g/mol. The van der Waals surface area contributed by atoms with Crippen LogP contribution in [0.4, 0.5) is 14.6 Å². The molecule has 6 nitrogen and oxygen atoms in total. The van der Waals surface area contributed by atoms with Crippen LogP contribution in [0, 0.1) is 11.6 Å². The Morgan fingerprint density at radius 3 is 2.65 bits per heavy atom. The Kier molecular flexibility index (Phi) is 3.92. The van der Waals surface area contributed by atoms with Crippen molar-refractivity contribution in [2.45, 2.75) is 13.5 Å². The average molecular weight is 282 g/mol. The van der Waals surface area contributed by atoms with Crippen LogP contribution >= 0.6 is 0 Å². The fourth-order valence-corrected chi connectivity index (χ4v) is 1.68. The lowest BCUT2D eigenvalue weighted by Gasteiger charge is -2.19. The van der Waals surface area contributed by atoms with Crippen molar-refractivity contribution >= 4 is 11.7 Å². The van der Waals surface area contributed by atoms with E-state index in [2.05, 4.69) is 14.9 Å². The fraction of sp³-hybridized carbons (Fsp3) is 0.250. The Bertz CT molecular complexity index is 630. The van der Waals surface area contributed by atoms with Crippen LogP contribution in [0.15, 0.2) is 22.8 Å². The first kappa shape index (κ1) is 13.9. The molecule has 0 aliphatic rings. The predicted octanol–water partition coefficient (Wildman–Crippen LogP) is 1.59. The average Bonchev–Trinajstić information content (AvgIpc) is 2.85. The molecular formula is C12H12F2N4O2. The van der Waals surface area contributed by atoms with Gasteiger partial charge in [-0.3, -0.25) is 4.79 Å². The third kappa shape index (κ3) is 2.73. The number of amides is 1. The summed E-state index contributed by atoms with van der Waals surface area (Å²) in [6.07, 6.45) is 0. The number of hydrogen-bond donors (Lipinski definition) is 1. The summed E-state index contributed by atoms with van der Waals surface area (Å²) in [7, 11) is 0. The second-order valence-electron chi connectivity index (χ2n) is 4.07. The maximum Gasteiger partial charge on any atom is 0.280 e. The minimum atomic E-state index is -0.964. The number of nitrogens with zero attached hydrogens (tertiary/aromatic N) is 3. The normalized spacial score (nSPS) is 10.6. The summed E-state index contributed by atoms with van der Waals surface area (Å²) in [6, 6.07) is 3.45. The Hall–Kier alpha value is -2.51. The number of carbonyl (C=O) groups is 1. The van der Waals surface area contributed by atoms with E-state index in [0.29, 0.717) is 12.1 Å². The molecule has 0 bridgehead atoms. The highest BCUT2D eigenvalue weighted by Crippen LogP contribution is 2.14. The van der Waals surface area contributed by atoms with E-state index in [1.165, 1.54) is 11.0 Å². The lowest BCUT2D eigenvalue weighted by molar-refractivity contribution is 0.0742. The number of rotatable bonds is 4. The summed E-state index contributed by atoms with van der Waals surface area (Å²) >= 11 is 0. The van der Waals surface area contributed by atoms with Gasteiger partial charge in [-0.1, -0.05) is 6.07 Å². The van der Waals surface area contributed by atoms with E-state index in [-0.39, 0.29) is 18.1 Å². The molecule has 0 fully saturated rings. The summed E-state index contributed by atoms with van der Waals surface area (Å²) < 4.78 is 30.4. The van der Waals surface area contributed by atoms with Crippen molar-refractivity contribution in [1.29, 1.82) is 0 Å². The molecule has 2 aromatic rings. The van der Waals surface area contributed by atoms with Gasteiger partial charge in [0.2, 0.25) is 11.5 Å². The number of carbonyl (C=O) groups excluding carboxylic acids is 1. The molecule has 20 heavy (non-hydrogen) atoms. The molecule has 2 rings (SSSR count). The molecule has 0 atom stereocenters. The first-order chi connectivity index (χ1) is 9.52. The zero-order valence-corrected chi connectivity index (χ0v) is 10.6. The van der Waals surface area contributed by atoms with Gasteiger partial charge in [0.15, 0.2) is 11.6 Å². The summed E-state index contributed by atoms with van der Waals surface area (Å²) in [4.78, 5) is 13.5. The Balaban J connectivity index is 2.18. The van der Waals surface area contributed by atoms with E-state index in [9.17, 15) is 13.6 Å². The second-order valence-corrected chi connectivity index (χ2v) is 4.07. The van der Waals surface area contributed by atoms with Crippen LogP contribution in [-0.2, 0) is 6.54 Å². The number of nitrogen functional groups attached to an aromatic ring is 1. The first-order valence-corrected chi connectivity index (χ1v) is 5.84. The summed E-state index contributed by atoms with van der Waals surface area (Å²) in [6.45, 7) is 2.17. The second kappa shape index (κ2) is 5.64. The van der Waals surface area contributed by atoms with Crippen molar-refractivity contribution in [2.24, 2.45) is 0 Å². The molecule has 0 saturated carbocycles.